The van der Waals surface area contributed by atoms with E-state index in [9.17, 15) is 0 Å². The largest absolute Gasteiger partial charge is 3.00 e. The monoisotopic (exact) mass is 402 g/mol. The Morgan fingerprint density at radius 2 is 0.750 bits per heavy atom. The second kappa shape index (κ2) is 49.6. The van der Waals surface area contributed by atoms with Gasteiger partial charge in [0.05, 0.1) is 0 Å². The molecule has 0 amide bonds. The molecular formula is C11H28FeN3O9. The van der Waals surface area contributed by atoms with Gasteiger partial charge in [0, 0.05) is 23.9 Å². The molecule has 0 aliphatic heterocycles. The summed E-state index contributed by atoms with van der Waals surface area (Å²) in [5.41, 5.74) is 10.1. The first kappa shape index (κ1) is 49.5. The number of nitrogens with two attached hydrogens (primary N) is 2. The van der Waals surface area contributed by atoms with E-state index in [0.29, 0.717) is 0 Å². The summed E-state index contributed by atoms with van der Waals surface area (Å²) in [4.78, 5) is 35.6. The fourth-order valence-corrected chi connectivity index (χ4v) is 0.118. The number of hydrogen-bond acceptors (Lipinski definition) is 10. The number of carboxylic acid groups (broad SMARTS) is 4. The van der Waals surface area contributed by atoms with Crippen molar-refractivity contribution in [3.63, 3.8) is 0 Å². The molecule has 0 aromatic heterocycles. The summed E-state index contributed by atoms with van der Waals surface area (Å²) in [5.74, 6) is -4.33. The summed E-state index contributed by atoms with van der Waals surface area (Å²) in [6.07, 6.45) is 0.944. The molecule has 0 fully saturated rings. The van der Waals surface area contributed by atoms with Crippen LogP contribution >= 0.6 is 0 Å². The molecule has 0 bridgehead atoms. The maximum absolute atomic E-state index is 8.89. The zero-order chi connectivity index (χ0) is 18.4. The van der Waals surface area contributed by atoms with Crippen molar-refractivity contribution in [3.8, 4) is 0 Å². The van der Waals surface area contributed by atoms with Gasteiger partial charge in [-0.2, -0.15) is 0 Å². The Labute approximate surface area is 151 Å². The molecule has 1 radical (unpaired) electrons. The number of carbonyl (C=O) groups is 4. The van der Waals surface area contributed by atoms with Gasteiger partial charge < -0.3 is 62.7 Å². The number of hydrogen-bond donors (Lipinski definition) is 3. The van der Waals surface area contributed by atoms with Gasteiger partial charge in [0.2, 0.25) is 0 Å². The van der Waals surface area contributed by atoms with Crippen LogP contribution in [0.15, 0.2) is 0 Å². The Morgan fingerprint density at radius 1 is 0.667 bits per heavy atom. The molecule has 13 heteroatoms. The molecule has 0 spiro atoms. The van der Waals surface area contributed by atoms with Gasteiger partial charge in [0.25, 0.3) is 0 Å². The number of carboxylic acids is 4. The Balaban J connectivity index is -0.0000000216. The van der Waals surface area contributed by atoms with Gasteiger partial charge in [-0.1, -0.05) is 0 Å². The van der Waals surface area contributed by atoms with Crippen molar-refractivity contribution in [3.05, 3.63) is 0 Å². The van der Waals surface area contributed by atoms with Crippen LogP contribution < -0.4 is 38.0 Å². The molecule has 0 unspecified atom stereocenters. The van der Waals surface area contributed by atoms with Crippen molar-refractivity contribution < 1.29 is 62.1 Å². The van der Waals surface area contributed by atoms with E-state index in [2.05, 4.69) is 0 Å². The van der Waals surface area contributed by atoms with Crippen LogP contribution in [-0.2, 0) is 36.2 Å². The van der Waals surface area contributed by atoms with Crippen molar-refractivity contribution in [2.45, 2.75) is 34.1 Å². The van der Waals surface area contributed by atoms with E-state index in [-0.39, 0.29) is 28.7 Å². The number of aliphatic carboxylic acids is 4. The molecule has 0 aliphatic carbocycles. The van der Waals surface area contributed by atoms with Crippen LogP contribution in [0.5, 0.6) is 0 Å². The third-order valence-electron chi connectivity index (χ3n) is 0.408. The van der Waals surface area contributed by atoms with Crippen LogP contribution in [0.2, 0.25) is 0 Å². The number of rotatable bonds is 2. The van der Waals surface area contributed by atoms with Crippen LogP contribution in [0, 0.1) is 0 Å². The summed E-state index contributed by atoms with van der Waals surface area (Å²) in [7, 11) is 0. The average molecular weight is 402 g/mol. The summed E-state index contributed by atoms with van der Waals surface area (Å²) < 4.78 is 0. The number of quaternary nitrogens is 1. The maximum atomic E-state index is 8.89. The molecule has 0 rings (SSSR count). The van der Waals surface area contributed by atoms with Crippen LogP contribution in [0.1, 0.15) is 34.1 Å². The second-order valence-electron chi connectivity index (χ2n) is 2.90. The zero-order valence-corrected chi connectivity index (χ0v) is 15.5. The molecule has 0 aromatic rings. The fraction of sp³-hybridized carbons (Fsp3) is 0.636. The zero-order valence-electron chi connectivity index (χ0n) is 14.4. The first-order valence-corrected chi connectivity index (χ1v) is 5.45. The molecular weight excluding hydrogens is 374 g/mol. The van der Waals surface area contributed by atoms with Gasteiger partial charge in [0.1, 0.15) is 0 Å². The minimum atomic E-state index is -1.08. The topological polar surface area (TPSA) is 281 Å². The molecule has 149 valence electrons. The maximum Gasteiger partial charge on any atom is 3.00 e. The average Bonchev–Trinajstić information content (AvgIpc) is 2.14. The quantitative estimate of drug-likeness (QED) is 0.367. The minimum Gasteiger partial charge on any atom is -0.550 e. The number of carbonyl (C=O) groups excluding carboxylic acids is 4. The van der Waals surface area contributed by atoms with E-state index in [1.807, 2.05) is 0 Å². The third kappa shape index (κ3) is 131000. The fourth-order valence-electron chi connectivity index (χ4n) is 0.118. The summed E-state index contributed by atoms with van der Waals surface area (Å²) in [6.45, 7) is 5.33. The second-order valence-corrected chi connectivity index (χ2v) is 2.90. The normalized spacial score (nSPS) is 5.92. The third-order valence-corrected chi connectivity index (χ3v) is 0.408. The van der Waals surface area contributed by atoms with E-state index in [1.54, 1.807) is 0 Å². The van der Waals surface area contributed by atoms with Gasteiger partial charge in [0.15, 0.2) is 0 Å². The molecule has 0 aliphatic rings. The molecule has 24 heavy (non-hydrogen) atoms. The van der Waals surface area contributed by atoms with E-state index in [4.69, 9.17) is 51.1 Å². The Morgan fingerprint density at radius 3 is 0.750 bits per heavy atom. The minimum absolute atomic E-state index is 0. The smallest absolute Gasteiger partial charge is 0.550 e. The SMILES string of the molecule is CC(=O)[O-].CC(=O)[O-].CC(=O)[O-].CC(=O)[O-].NCCCN.O.[Fe+3].[NH4+]. The predicted octanol–water partition coefficient (Wildman–Crippen LogP) is -6.13. The first-order valence-electron chi connectivity index (χ1n) is 5.45. The Bertz CT molecular complexity index is 213. The van der Waals surface area contributed by atoms with Crippen molar-refractivity contribution >= 4 is 23.9 Å². The van der Waals surface area contributed by atoms with E-state index in [0.717, 1.165) is 47.2 Å². The summed E-state index contributed by atoms with van der Waals surface area (Å²) >= 11 is 0. The Kier molecular flexibility index (Phi) is 102. The van der Waals surface area contributed by atoms with Crippen molar-refractivity contribution in [1.29, 1.82) is 0 Å². The molecule has 0 saturated carbocycles. The molecule has 0 saturated heterocycles. The summed E-state index contributed by atoms with van der Waals surface area (Å²) in [6, 6.07) is 0. The van der Waals surface area contributed by atoms with E-state index in [1.165, 1.54) is 0 Å². The van der Waals surface area contributed by atoms with Crippen LogP contribution in [0.25, 0.3) is 0 Å². The van der Waals surface area contributed by atoms with Crippen molar-refractivity contribution in [1.82, 2.24) is 6.15 Å². The summed E-state index contributed by atoms with van der Waals surface area (Å²) in [5, 5.41) is 35.6. The van der Waals surface area contributed by atoms with Crippen molar-refractivity contribution in [2.75, 3.05) is 13.1 Å². The standard InChI is InChI=1S/C3H10N2.4C2H4O2.Fe.H3N.H2O/c4-2-1-3-5;4*1-2(3)4;;;/h1-5H2;4*1H3,(H,3,4);;1H3;1H2/q;;;;;+3;;/p-3. The van der Waals surface area contributed by atoms with Crippen LogP contribution in [-0.4, -0.2) is 42.4 Å². The van der Waals surface area contributed by atoms with E-state index >= 15 is 0 Å². The van der Waals surface area contributed by atoms with Gasteiger partial charge in [-0.25, -0.2) is 0 Å². The van der Waals surface area contributed by atoms with Gasteiger partial charge in [-0.15, -0.1) is 0 Å². The molecule has 0 heterocycles. The van der Waals surface area contributed by atoms with E-state index < -0.39 is 23.9 Å². The molecule has 0 atom stereocenters. The predicted molar refractivity (Wildman–Crippen MR) is 75.0 cm³/mol. The van der Waals surface area contributed by atoms with Crippen LogP contribution in [0.4, 0.5) is 0 Å². The van der Waals surface area contributed by atoms with Crippen LogP contribution in [0.3, 0.4) is 0 Å². The first-order chi connectivity index (χ1) is 9.34. The van der Waals surface area contributed by atoms with Gasteiger partial charge in [-0.3, -0.25) is 0 Å². The Hall–Kier alpha value is -1.76. The molecule has 10 N–H and O–H groups in total. The molecule has 0 aromatic carbocycles. The van der Waals surface area contributed by atoms with Gasteiger partial charge >= 0.3 is 17.1 Å². The van der Waals surface area contributed by atoms with Crippen molar-refractivity contribution in [2.24, 2.45) is 11.5 Å². The molecule has 12 nitrogen and oxygen atoms in total. The van der Waals surface area contributed by atoms with Gasteiger partial charge in [-0.05, 0) is 47.2 Å².